The molecule has 1 aromatic carbocycles. The first-order valence-electron chi connectivity index (χ1n) is 5.86. The SMILES string of the molecule is O=C(O)c1csc(N(CCc2ccccc2)S(=O)(=O)O)n1. The van der Waals surface area contributed by atoms with E-state index < -0.39 is 16.3 Å². The summed E-state index contributed by atoms with van der Waals surface area (Å²) in [5.74, 6) is -1.25. The van der Waals surface area contributed by atoms with Gasteiger partial charge in [0, 0.05) is 11.9 Å². The second-order valence-corrected chi connectivity index (χ2v) is 6.28. The van der Waals surface area contributed by atoms with Crippen molar-refractivity contribution in [2.24, 2.45) is 0 Å². The van der Waals surface area contributed by atoms with Crippen LogP contribution < -0.4 is 4.31 Å². The highest BCUT2D eigenvalue weighted by Crippen LogP contribution is 2.23. The van der Waals surface area contributed by atoms with Gasteiger partial charge < -0.3 is 5.11 Å². The normalized spacial score (nSPS) is 11.3. The van der Waals surface area contributed by atoms with Crippen molar-refractivity contribution in [1.29, 1.82) is 0 Å². The van der Waals surface area contributed by atoms with Crippen LogP contribution in [-0.2, 0) is 16.7 Å². The minimum absolute atomic E-state index is 0.0323. The maximum absolute atomic E-state index is 11.4. The van der Waals surface area contributed by atoms with Crippen LogP contribution in [-0.4, -0.2) is 35.6 Å². The summed E-state index contributed by atoms with van der Waals surface area (Å²) in [4.78, 5) is 14.5. The van der Waals surface area contributed by atoms with Crippen LogP contribution in [0.15, 0.2) is 35.7 Å². The Balaban J connectivity index is 2.21. The molecule has 9 heteroatoms. The van der Waals surface area contributed by atoms with E-state index in [1.165, 1.54) is 5.38 Å². The minimum atomic E-state index is -4.51. The lowest BCUT2D eigenvalue weighted by molar-refractivity contribution is 0.0691. The number of carbonyl (C=O) groups is 1. The van der Waals surface area contributed by atoms with Crippen molar-refractivity contribution in [3.8, 4) is 0 Å². The first-order chi connectivity index (χ1) is 9.88. The van der Waals surface area contributed by atoms with Crippen LogP contribution >= 0.6 is 11.3 Å². The zero-order valence-electron chi connectivity index (χ0n) is 10.7. The Bertz CT molecular complexity index is 727. The van der Waals surface area contributed by atoms with Crippen LogP contribution in [0.3, 0.4) is 0 Å². The Morgan fingerprint density at radius 2 is 1.95 bits per heavy atom. The number of carboxylic acid groups (broad SMARTS) is 1. The fraction of sp³-hybridized carbons (Fsp3) is 0.167. The summed E-state index contributed by atoms with van der Waals surface area (Å²) in [5, 5.41) is 9.95. The summed E-state index contributed by atoms with van der Waals surface area (Å²) < 4.78 is 32.8. The molecule has 0 radical (unpaired) electrons. The van der Waals surface area contributed by atoms with Gasteiger partial charge >= 0.3 is 16.3 Å². The van der Waals surface area contributed by atoms with E-state index in [1.54, 1.807) is 0 Å². The molecule has 0 aliphatic carbocycles. The maximum atomic E-state index is 11.4. The highest BCUT2D eigenvalue weighted by atomic mass is 32.2. The van der Waals surface area contributed by atoms with Crippen LogP contribution in [0.5, 0.6) is 0 Å². The molecule has 112 valence electrons. The zero-order chi connectivity index (χ0) is 15.5. The third kappa shape index (κ3) is 4.00. The second kappa shape index (κ2) is 6.20. The molecule has 0 amide bonds. The van der Waals surface area contributed by atoms with Gasteiger partial charge in [-0.15, -0.1) is 11.3 Å². The lowest BCUT2D eigenvalue weighted by atomic mass is 10.1. The van der Waals surface area contributed by atoms with Crippen molar-refractivity contribution in [3.05, 3.63) is 47.0 Å². The van der Waals surface area contributed by atoms with Gasteiger partial charge in [-0.2, -0.15) is 8.42 Å². The number of rotatable bonds is 6. The van der Waals surface area contributed by atoms with E-state index >= 15 is 0 Å². The van der Waals surface area contributed by atoms with Crippen molar-refractivity contribution in [3.63, 3.8) is 0 Å². The summed E-state index contributed by atoms with van der Waals surface area (Å²) in [5.41, 5.74) is 0.629. The molecule has 1 aromatic heterocycles. The van der Waals surface area contributed by atoms with E-state index in [9.17, 15) is 17.8 Å². The van der Waals surface area contributed by atoms with Crippen LogP contribution in [0.2, 0.25) is 0 Å². The highest BCUT2D eigenvalue weighted by Gasteiger charge is 2.23. The quantitative estimate of drug-likeness (QED) is 0.781. The van der Waals surface area contributed by atoms with Gasteiger partial charge in [-0.3, -0.25) is 4.55 Å². The number of thiazole rings is 1. The van der Waals surface area contributed by atoms with Crippen molar-refractivity contribution < 1.29 is 22.9 Å². The lowest BCUT2D eigenvalue weighted by Crippen LogP contribution is -2.32. The summed E-state index contributed by atoms with van der Waals surface area (Å²) in [7, 11) is -4.51. The average molecular weight is 328 g/mol. The Morgan fingerprint density at radius 1 is 1.29 bits per heavy atom. The number of aromatic carboxylic acids is 1. The molecule has 7 nitrogen and oxygen atoms in total. The predicted molar refractivity (Wildman–Crippen MR) is 78.1 cm³/mol. The van der Waals surface area contributed by atoms with Gasteiger partial charge in [-0.1, -0.05) is 30.3 Å². The third-order valence-corrected chi connectivity index (χ3v) is 4.54. The third-order valence-electron chi connectivity index (χ3n) is 2.65. The Labute approximate surface area is 125 Å². The smallest absolute Gasteiger partial charge is 0.361 e. The molecule has 0 atom stereocenters. The van der Waals surface area contributed by atoms with Crippen LogP contribution in [0.4, 0.5) is 5.13 Å². The number of aromatic nitrogens is 1. The molecular formula is C12H12N2O5S2. The molecule has 0 spiro atoms. The maximum Gasteiger partial charge on any atom is 0.361 e. The first kappa shape index (κ1) is 15.4. The Morgan fingerprint density at radius 3 is 2.48 bits per heavy atom. The monoisotopic (exact) mass is 328 g/mol. The summed E-state index contributed by atoms with van der Waals surface area (Å²) in [6.45, 7) is -0.0323. The minimum Gasteiger partial charge on any atom is -0.476 e. The zero-order valence-corrected chi connectivity index (χ0v) is 12.3. The van der Waals surface area contributed by atoms with Gasteiger partial charge in [0.15, 0.2) is 5.69 Å². The fourth-order valence-corrected chi connectivity index (χ4v) is 3.36. The average Bonchev–Trinajstić information content (AvgIpc) is 2.88. The number of anilines is 1. The summed E-state index contributed by atoms with van der Waals surface area (Å²) >= 11 is 0.843. The molecule has 2 rings (SSSR count). The van der Waals surface area contributed by atoms with E-state index in [1.807, 2.05) is 30.3 Å². The van der Waals surface area contributed by atoms with E-state index in [0.717, 1.165) is 16.9 Å². The van der Waals surface area contributed by atoms with Gasteiger partial charge in [0.05, 0.1) is 0 Å². The van der Waals surface area contributed by atoms with Gasteiger partial charge in [-0.25, -0.2) is 14.1 Å². The van der Waals surface area contributed by atoms with Crippen LogP contribution in [0, 0.1) is 0 Å². The standard InChI is InChI=1S/C12H12N2O5S2/c15-11(16)10-8-20-12(13-10)14(21(17,18)19)7-6-9-4-2-1-3-5-9/h1-5,8H,6-7H2,(H,15,16)(H,17,18,19). The number of hydrogen-bond donors (Lipinski definition) is 2. The van der Waals surface area contributed by atoms with Crippen molar-refractivity contribution in [2.75, 3.05) is 10.8 Å². The predicted octanol–water partition coefficient (Wildman–Crippen LogP) is 1.69. The molecule has 2 N–H and O–H groups in total. The fourth-order valence-electron chi connectivity index (χ4n) is 1.66. The molecule has 0 unspecified atom stereocenters. The van der Waals surface area contributed by atoms with Crippen LogP contribution in [0.25, 0.3) is 0 Å². The van der Waals surface area contributed by atoms with Gasteiger partial charge in [0.25, 0.3) is 0 Å². The molecule has 0 saturated heterocycles. The molecule has 0 aliphatic heterocycles. The van der Waals surface area contributed by atoms with E-state index in [4.69, 9.17) is 5.11 Å². The molecule has 1 heterocycles. The van der Waals surface area contributed by atoms with Crippen molar-refractivity contribution >= 4 is 32.7 Å². The van der Waals surface area contributed by atoms with Crippen molar-refractivity contribution in [1.82, 2.24) is 4.98 Å². The topological polar surface area (TPSA) is 108 Å². The Kier molecular flexibility index (Phi) is 4.56. The van der Waals surface area contributed by atoms with Crippen LogP contribution in [0.1, 0.15) is 16.1 Å². The van der Waals surface area contributed by atoms with E-state index in [0.29, 0.717) is 10.7 Å². The lowest BCUT2D eigenvalue weighted by Gasteiger charge is -2.17. The number of benzene rings is 1. The molecule has 0 fully saturated rings. The molecule has 21 heavy (non-hydrogen) atoms. The molecule has 0 saturated carbocycles. The largest absolute Gasteiger partial charge is 0.476 e. The second-order valence-electron chi connectivity index (χ2n) is 4.11. The molecule has 0 aliphatic rings. The number of carboxylic acids is 1. The van der Waals surface area contributed by atoms with Gasteiger partial charge in [0.1, 0.15) is 0 Å². The highest BCUT2D eigenvalue weighted by molar-refractivity contribution is 7.87. The van der Waals surface area contributed by atoms with E-state index in [-0.39, 0.29) is 17.4 Å². The molecule has 2 aromatic rings. The molecule has 0 bridgehead atoms. The van der Waals surface area contributed by atoms with E-state index in [2.05, 4.69) is 4.98 Å². The van der Waals surface area contributed by atoms with Gasteiger partial charge in [0.2, 0.25) is 5.13 Å². The molecular weight excluding hydrogens is 316 g/mol. The number of nitrogens with zero attached hydrogens (tertiary/aromatic N) is 2. The Hall–Kier alpha value is -1.97. The first-order valence-corrected chi connectivity index (χ1v) is 8.13. The number of hydrogen-bond acceptors (Lipinski definition) is 5. The summed E-state index contributed by atoms with van der Waals surface area (Å²) in [6.07, 6.45) is 0.364. The summed E-state index contributed by atoms with van der Waals surface area (Å²) in [6, 6.07) is 9.13. The van der Waals surface area contributed by atoms with Gasteiger partial charge in [-0.05, 0) is 12.0 Å². The van der Waals surface area contributed by atoms with Crippen molar-refractivity contribution in [2.45, 2.75) is 6.42 Å².